The minimum absolute atomic E-state index is 0.217. The maximum atomic E-state index is 12.1. The third kappa shape index (κ3) is 3.15. The van der Waals surface area contributed by atoms with Crippen LogP contribution in [0.1, 0.15) is 12.8 Å². The second kappa shape index (κ2) is 6.19. The third-order valence-corrected chi connectivity index (χ3v) is 6.31. The first-order chi connectivity index (χ1) is 10.5. The molecular formula is C14H18N2O4S2. The highest BCUT2D eigenvalue weighted by Crippen LogP contribution is 2.28. The molecule has 0 bridgehead atoms. The van der Waals surface area contributed by atoms with Crippen LogP contribution in [-0.2, 0) is 14.8 Å². The monoisotopic (exact) mass is 342 g/mol. The van der Waals surface area contributed by atoms with Crippen LogP contribution < -0.4 is 0 Å². The fourth-order valence-corrected chi connectivity index (χ4v) is 4.08. The number of rotatable bonds is 5. The molecule has 2 heterocycles. The van der Waals surface area contributed by atoms with Gasteiger partial charge in [0.1, 0.15) is 5.52 Å². The van der Waals surface area contributed by atoms with E-state index in [-0.39, 0.29) is 11.0 Å². The predicted molar refractivity (Wildman–Crippen MR) is 84.6 cm³/mol. The number of aromatic nitrogens is 1. The van der Waals surface area contributed by atoms with Gasteiger partial charge in [-0.3, -0.25) is 0 Å². The van der Waals surface area contributed by atoms with Gasteiger partial charge in [0.05, 0.1) is 11.0 Å². The van der Waals surface area contributed by atoms with E-state index in [1.807, 2.05) is 0 Å². The molecule has 120 valence electrons. The van der Waals surface area contributed by atoms with Crippen LogP contribution in [0.3, 0.4) is 0 Å². The first-order valence-electron chi connectivity index (χ1n) is 7.04. The van der Waals surface area contributed by atoms with E-state index in [0.717, 1.165) is 25.2 Å². The Morgan fingerprint density at radius 2 is 2.23 bits per heavy atom. The minimum Gasteiger partial charge on any atom is -0.431 e. The smallest absolute Gasteiger partial charge is 0.256 e. The summed E-state index contributed by atoms with van der Waals surface area (Å²) in [5, 5.41) is 0.546. The fraction of sp³-hybridized carbons (Fsp3) is 0.500. The zero-order valence-electron chi connectivity index (χ0n) is 12.5. The van der Waals surface area contributed by atoms with Crippen molar-refractivity contribution in [2.45, 2.75) is 29.1 Å². The van der Waals surface area contributed by atoms with Crippen molar-refractivity contribution >= 4 is 32.9 Å². The summed E-state index contributed by atoms with van der Waals surface area (Å²) in [7, 11) is -0.449. The summed E-state index contributed by atoms with van der Waals surface area (Å²) in [4.78, 5) is 4.58. The Balaban J connectivity index is 1.81. The Morgan fingerprint density at radius 1 is 1.41 bits per heavy atom. The molecule has 3 rings (SSSR count). The second-order valence-electron chi connectivity index (χ2n) is 5.34. The molecule has 0 spiro atoms. The lowest BCUT2D eigenvalue weighted by atomic mass is 10.3. The van der Waals surface area contributed by atoms with E-state index in [2.05, 4.69) is 4.98 Å². The van der Waals surface area contributed by atoms with Crippen molar-refractivity contribution in [1.29, 1.82) is 0 Å². The van der Waals surface area contributed by atoms with Crippen molar-refractivity contribution in [3.63, 3.8) is 0 Å². The van der Waals surface area contributed by atoms with Gasteiger partial charge >= 0.3 is 0 Å². The number of sulfonamides is 1. The lowest BCUT2D eigenvalue weighted by molar-refractivity contribution is 0.128. The van der Waals surface area contributed by atoms with Crippen LogP contribution >= 0.6 is 11.8 Å². The van der Waals surface area contributed by atoms with Gasteiger partial charge in [-0.2, -0.15) is 0 Å². The second-order valence-corrected chi connectivity index (χ2v) is 8.47. The average Bonchev–Trinajstić information content (AvgIpc) is 3.13. The average molecular weight is 342 g/mol. The molecule has 1 aromatic heterocycles. The number of hydrogen-bond acceptors (Lipinski definition) is 6. The van der Waals surface area contributed by atoms with Crippen LogP contribution in [0.2, 0.25) is 0 Å². The Hall–Kier alpha value is -1.09. The molecule has 0 aliphatic carbocycles. The van der Waals surface area contributed by atoms with Gasteiger partial charge in [0.2, 0.25) is 10.0 Å². The highest BCUT2D eigenvalue weighted by atomic mass is 32.2. The molecule has 2 aromatic rings. The number of ether oxygens (including phenoxy) is 1. The quantitative estimate of drug-likeness (QED) is 0.777. The van der Waals surface area contributed by atoms with Crippen LogP contribution in [0.15, 0.2) is 32.7 Å². The van der Waals surface area contributed by atoms with Crippen molar-refractivity contribution in [2.24, 2.45) is 0 Å². The van der Waals surface area contributed by atoms with Gasteiger partial charge in [-0.15, -0.1) is 0 Å². The normalized spacial score (nSPS) is 19.3. The SMILES string of the molecule is CN(C)S(=O)(=O)c1ccc2oc(SC[C@H]3CCCO3)nc2c1. The van der Waals surface area contributed by atoms with Crippen LogP contribution in [-0.4, -0.2) is 50.3 Å². The Morgan fingerprint density at radius 3 is 2.91 bits per heavy atom. The van der Waals surface area contributed by atoms with Gasteiger partial charge in [0.25, 0.3) is 5.22 Å². The molecule has 1 aromatic carbocycles. The molecule has 1 aliphatic rings. The van der Waals surface area contributed by atoms with E-state index >= 15 is 0 Å². The molecule has 1 atom stereocenters. The molecule has 0 saturated carbocycles. The molecular weight excluding hydrogens is 324 g/mol. The molecule has 0 N–H and O–H groups in total. The first-order valence-corrected chi connectivity index (χ1v) is 9.47. The van der Waals surface area contributed by atoms with Gasteiger partial charge in [0, 0.05) is 26.5 Å². The van der Waals surface area contributed by atoms with Crippen LogP contribution in [0.25, 0.3) is 11.1 Å². The van der Waals surface area contributed by atoms with Crippen molar-refractivity contribution in [1.82, 2.24) is 9.29 Å². The zero-order chi connectivity index (χ0) is 15.7. The number of thioether (sulfide) groups is 1. The molecule has 1 fully saturated rings. The number of nitrogens with zero attached hydrogens (tertiary/aromatic N) is 2. The summed E-state index contributed by atoms with van der Waals surface area (Å²) in [6, 6.07) is 4.73. The Bertz CT molecular complexity index is 764. The minimum atomic E-state index is -3.46. The van der Waals surface area contributed by atoms with Crippen molar-refractivity contribution in [3.05, 3.63) is 18.2 Å². The van der Waals surface area contributed by atoms with Gasteiger partial charge < -0.3 is 9.15 Å². The van der Waals surface area contributed by atoms with Crippen molar-refractivity contribution in [3.8, 4) is 0 Å². The maximum absolute atomic E-state index is 12.1. The van der Waals surface area contributed by atoms with Crippen molar-refractivity contribution in [2.75, 3.05) is 26.5 Å². The number of fused-ring (bicyclic) bond motifs is 1. The fourth-order valence-electron chi connectivity index (χ4n) is 2.26. The van der Waals surface area contributed by atoms with Crippen molar-refractivity contribution < 1.29 is 17.6 Å². The molecule has 0 unspecified atom stereocenters. The van der Waals surface area contributed by atoms with Crippen LogP contribution in [0.4, 0.5) is 0 Å². The maximum Gasteiger partial charge on any atom is 0.256 e. The van der Waals surface area contributed by atoms with E-state index in [0.29, 0.717) is 16.3 Å². The first kappa shape index (κ1) is 15.8. The summed E-state index contributed by atoms with van der Waals surface area (Å²) in [6.07, 6.45) is 2.42. The van der Waals surface area contributed by atoms with Gasteiger partial charge in [-0.05, 0) is 31.0 Å². The zero-order valence-corrected chi connectivity index (χ0v) is 14.1. The summed E-state index contributed by atoms with van der Waals surface area (Å²) in [5.41, 5.74) is 1.14. The van der Waals surface area contributed by atoms with Crippen LogP contribution in [0, 0.1) is 0 Å². The Labute approximate surface area is 133 Å². The van der Waals surface area contributed by atoms with Gasteiger partial charge in [-0.25, -0.2) is 17.7 Å². The Kier molecular flexibility index (Phi) is 4.44. The highest BCUT2D eigenvalue weighted by molar-refractivity contribution is 7.99. The predicted octanol–water partition coefficient (Wildman–Crippen LogP) is 2.35. The lowest BCUT2D eigenvalue weighted by Gasteiger charge is -2.10. The molecule has 1 aliphatic heterocycles. The van der Waals surface area contributed by atoms with E-state index in [1.54, 1.807) is 12.1 Å². The number of hydrogen-bond donors (Lipinski definition) is 0. The van der Waals surface area contributed by atoms with E-state index < -0.39 is 10.0 Å². The van der Waals surface area contributed by atoms with Crippen LogP contribution in [0.5, 0.6) is 0 Å². The number of oxazole rings is 1. The molecule has 1 saturated heterocycles. The molecule has 0 radical (unpaired) electrons. The number of benzene rings is 1. The van der Waals surface area contributed by atoms with E-state index in [1.165, 1.54) is 36.2 Å². The lowest BCUT2D eigenvalue weighted by Crippen LogP contribution is -2.22. The largest absolute Gasteiger partial charge is 0.431 e. The summed E-state index contributed by atoms with van der Waals surface area (Å²) in [6.45, 7) is 0.824. The van der Waals surface area contributed by atoms with E-state index in [9.17, 15) is 8.42 Å². The van der Waals surface area contributed by atoms with E-state index in [4.69, 9.17) is 9.15 Å². The molecule has 8 heteroatoms. The summed E-state index contributed by atoms with van der Waals surface area (Å²) < 4.78 is 36.6. The third-order valence-electron chi connectivity index (χ3n) is 3.53. The summed E-state index contributed by atoms with van der Waals surface area (Å²) >= 11 is 1.50. The van der Waals surface area contributed by atoms with Gasteiger partial charge in [-0.1, -0.05) is 11.8 Å². The summed E-state index contributed by atoms with van der Waals surface area (Å²) in [5.74, 6) is 0.801. The molecule has 6 nitrogen and oxygen atoms in total. The highest BCUT2D eigenvalue weighted by Gasteiger charge is 2.20. The topological polar surface area (TPSA) is 72.6 Å². The van der Waals surface area contributed by atoms with Gasteiger partial charge in [0.15, 0.2) is 5.58 Å². The molecule has 22 heavy (non-hydrogen) atoms. The standard InChI is InChI=1S/C14H18N2O4S2/c1-16(2)22(17,18)11-5-6-13-12(8-11)15-14(20-13)21-9-10-4-3-7-19-10/h5-6,8,10H,3-4,7,9H2,1-2H3/t10-/m1/s1. The molecule has 0 amide bonds.